The van der Waals surface area contributed by atoms with Gasteiger partial charge in [-0.3, -0.25) is 9.69 Å². The molecule has 2 heterocycles. The van der Waals surface area contributed by atoms with Gasteiger partial charge in [-0.1, -0.05) is 36.4 Å². The van der Waals surface area contributed by atoms with E-state index >= 15 is 0 Å². The molecule has 1 fully saturated rings. The molecule has 0 N–H and O–H groups in total. The van der Waals surface area contributed by atoms with Crippen molar-refractivity contribution >= 4 is 21.3 Å². The number of benzene rings is 1. The van der Waals surface area contributed by atoms with Crippen molar-refractivity contribution in [3.05, 3.63) is 42.0 Å². The lowest BCUT2D eigenvalue weighted by atomic mass is 9.99. The van der Waals surface area contributed by atoms with Crippen molar-refractivity contribution in [2.75, 3.05) is 37.7 Å². The van der Waals surface area contributed by atoms with Gasteiger partial charge in [0.25, 0.3) is 0 Å². The van der Waals surface area contributed by atoms with Gasteiger partial charge in [-0.15, -0.1) is 0 Å². The maximum atomic E-state index is 12.7. The minimum Gasteiger partial charge on any atom is -0.338 e. The molecule has 0 unspecified atom stereocenters. The van der Waals surface area contributed by atoms with Crippen molar-refractivity contribution in [2.45, 2.75) is 25.8 Å². The number of hydrogen-bond donors (Lipinski definition) is 0. The van der Waals surface area contributed by atoms with E-state index in [9.17, 15) is 13.2 Å². The highest BCUT2D eigenvalue weighted by Crippen LogP contribution is 2.22. The Labute approximate surface area is 150 Å². The van der Waals surface area contributed by atoms with Crippen LogP contribution in [0.3, 0.4) is 0 Å². The van der Waals surface area contributed by atoms with E-state index in [1.807, 2.05) is 25.1 Å². The zero-order valence-corrected chi connectivity index (χ0v) is 15.5. The van der Waals surface area contributed by atoms with Crippen LogP contribution in [-0.2, 0) is 14.6 Å². The Balaban J connectivity index is 1.57. The van der Waals surface area contributed by atoms with Crippen LogP contribution in [0.25, 0.3) is 5.57 Å². The van der Waals surface area contributed by atoms with Crippen LogP contribution in [0.5, 0.6) is 0 Å². The first-order valence-electron chi connectivity index (χ1n) is 8.95. The van der Waals surface area contributed by atoms with Gasteiger partial charge >= 0.3 is 0 Å². The molecule has 1 aromatic rings. The Hall–Kier alpha value is -1.66. The second kappa shape index (κ2) is 7.70. The van der Waals surface area contributed by atoms with Crippen molar-refractivity contribution in [2.24, 2.45) is 0 Å². The maximum absolute atomic E-state index is 12.7. The monoisotopic (exact) mass is 362 g/mol. The number of hydrogen-bond acceptors (Lipinski definition) is 4. The number of sulfone groups is 1. The largest absolute Gasteiger partial charge is 0.338 e. The average Bonchev–Trinajstić information content (AvgIpc) is 2.96. The lowest BCUT2D eigenvalue weighted by Gasteiger charge is -2.31. The molecule has 1 amide bonds. The molecule has 1 aromatic carbocycles. The number of amides is 1. The molecule has 25 heavy (non-hydrogen) atoms. The number of likely N-dealkylation sites (N-methyl/N-ethyl adjacent to an activating group) is 1. The highest BCUT2D eigenvalue weighted by Gasteiger charge is 2.34. The third-order valence-corrected chi connectivity index (χ3v) is 6.86. The normalized spacial score (nSPS) is 23.2. The Bertz CT molecular complexity index is 743. The predicted octanol–water partition coefficient (Wildman–Crippen LogP) is 1.81. The molecule has 0 spiro atoms. The van der Waals surface area contributed by atoms with Crippen LogP contribution in [0, 0.1) is 0 Å². The molecule has 2 aliphatic heterocycles. The first kappa shape index (κ1) is 18.1. The number of carbonyl (C=O) groups excluding carboxylic acids is 1. The fourth-order valence-corrected chi connectivity index (χ4v) is 5.44. The zero-order chi connectivity index (χ0) is 17.9. The number of carbonyl (C=O) groups is 1. The molecule has 3 rings (SSSR count). The first-order chi connectivity index (χ1) is 12.0. The van der Waals surface area contributed by atoms with Gasteiger partial charge in [0.1, 0.15) is 0 Å². The summed E-state index contributed by atoms with van der Waals surface area (Å²) in [6, 6.07) is 10.2. The standard InChI is InChI=1S/C19H26N2O3S/c1-2-21(18-10-13-25(23,24)15-18)19(22)14-20-11-8-17(9-12-20)16-6-4-3-5-7-16/h3-8,18H,2,9-15H2,1H3/t18-/m0/s1. The third-order valence-electron chi connectivity index (χ3n) is 5.11. The number of rotatable bonds is 5. The van der Waals surface area contributed by atoms with Crippen LogP contribution < -0.4 is 0 Å². The predicted molar refractivity (Wildman–Crippen MR) is 99.9 cm³/mol. The summed E-state index contributed by atoms with van der Waals surface area (Å²) >= 11 is 0. The highest BCUT2D eigenvalue weighted by molar-refractivity contribution is 7.91. The molecule has 0 radical (unpaired) electrons. The van der Waals surface area contributed by atoms with E-state index in [-0.39, 0.29) is 23.5 Å². The molecule has 0 saturated carbocycles. The molecule has 5 nitrogen and oxygen atoms in total. The molecule has 6 heteroatoms. The van der Waals surface area contributed by atoms with Crippen LogP contribution in [0.1, 0.15) is 25.3 Å². The molecule has 2 aliphatic rings. The summed E-state index contributed by atoms with van der Waals surface area (Å²) in [7, 11) is -2.97. The molecular formula is C19H26N2O3S. The van der Waals surface area contributed by atoms with Crippen molar-refractivity contribution in [3.63, 3.8) is 0 Å². The van der Waals surface area contributed by atoms with E-state index in [1.165, 1.54) is 11.1 Å². The fraction of sp³-hybridized carbons (Fsp3) is 0.526. The van der Waals surface area contributed by atoms with E-state index in [2.05, 4.69) is 23.1 Å². The summed E-state index contributed by atoms with van der Waals surface area (Å²) in [4.78, 5) is 16.6. The summed E-state index contributed by atoms with van der Waals surface area (Å²) in [5.74, 6) is 0.361. The summed E-state index contributed by atoms with van der Waals surface area (Å²) in [5.41, 5.74) is 2.58. The van der Waals surface area contributed by atoms with Gasteiger partial charge in [0.15, 0.2) is 9.84 Å². The highest BCUT2D eigenvalue weighted by atomic mass is 32.2. The Morgan fingerprint density at radius 3 is 2.60 bits per heavy atom. The van der Waals surface area contributed by atoms with E-state index in [4.69, 9.17) is 0 Å². The van der Waals surface area contributed by atoms with E-state index in [1.54, 1.807) is 4.90 Å². The van der Waals surface area contributed by atoms with E-state index in [0.29, 0.717) is 19.5 Å². The minimum atomic E-state index is -2.97. The lowest BCUT2D eigenvalue weighted by Crippen LogP contribution is -2.46. The van der Waals surface area contributed by atoms with Crippen LogP contribution in [0.2, 0.25) is 0 Å². The summed E-state index contributed by atoms with van der Waals surface area (Å²) < 4.78 is 23.4. The van der Waals surface area contributed by atoms with Crippen LogP contribution in [0.4, 0.5) is 0 Å². The van der Waals surface area contributed by atoms with Crippen LogP contribution in [-0.4, -0.2) is 67.9 Å². The van der Waals surface area contributed by atoms with Crippen LogP contribution in [0.15, 0.2) is 36.4 Å². The maximum Gasteiger partial charge on any atom is 0.237 e. The topological polar surface area (TPSA) is 57.7 Å². The molecule has 0 aliphatic carbocycles. The second-order valence-electron chi connectivity index (χ2n) is 6.82. The molecule has 0 bridgehead atoms. The molecule has 136 valence electrons. The SMILES string of the molecule is CCN(C(=O)CN1CC=C(c2ccccc2)CC1)[C@H]1CCS(=O)(=O)C1. The van der Waals surface area contributed by atoms with Crippen molar-refractivity contribution in [3.8, 4) is 0 Å². The summed E-state index contributed by atoms with van der Waals surface area (Å²) in [5, 5.41) is 0. The Morgan fingerprint density at radius 1 is 1.28 bits per heavy atom. The first-order valence-corrected chi connectivity index (χ1v) is 10.8. The van der Waals surface area contributed by atoms with Crippen molar-refractivity contribution in [1.82, 2.24) is 9.80 Å². The smallest absolute Gasteiger partial charge is 0.237 e. The summed E-state index contributed by atoms with van der Waals surface area (Å²) in [6.45, 7) is 4.47. The second-order valence-corrected chi connectivity index (χ2v) is 9.05. The van der Waals surface area contributed by atoms with Gasteiger partial charge in [-0.25, -0.2) is 8.42 Å². The van der Waals surface area contributed by atoms with Gasteiger partial charge in [-0.2, -0.15) is 0 Å². The molecular weight excluding hydrogens is 336 g/mol. The number of nitrogens with zero attached hydrogens (tertiary/aromatic N) is 2. The zero-order valence-electron chi connectivity index (χ0n) is 14.7. The lowest BCUT2D eigenvalue weighted by molar-refractivity contribution is -0.134. The van der Waals surface area contributed by atoms with Crippen molar-refractivity contribution in [1.29, 1.82) is 0 Å². The van der Waals surface area contributed by atoms with Gasteiger partial charge in [0.2, 0.25) is 5.91 Å². The van der Waals surface area contributed by atoms with E-state index < -0.39 is 9.84 Å². The Morgan fingerprint density at radius 2 is 2.04 bits per heavy atom. The quantitative estimate of drug-likeness (QED) is 0.802. The Kier molecular flexibility index (Phi) is 5.59. The fourth-order valence-electron chi connectivity index (χ4n) is 3.71. The molecule has 1 saturated heterocycles. The van der Waals surface area contributed by atoms with Crippen LogP contribution >= 0.6 is 0 Å². The van der Waals surface area contributed by atoms with Gasteiger partial charge < -0.3 is 4.90 Å². The summed E-state index contributed by atoms with van der Waals surface area (Å²) in [6.07, 6.45) is 3.70. The third kappa shape index (κ3) is 4.50. The van der Waals surface area contributed by atoms with Crippen molar-refractivity contribution < 1.29 is 13.2 Å². The van der Waals surface area contributed by atoms with Gasteiger partial charge in [-0.05, 0) is 30.9 Å². The molecule has 1 atom stereocenters. The molecule has 0 aromatic heterocycles. The van der Waals surface area contributed by atoms with E-state index in [0.717, 1.165) is 19.5 Å². The average molecular weight is 362 g/mol. The van der Waals surface area contributed by atoms with Gasteiger partial charge in [0.05, 0.1) is 18.1 Å². The minimum absolute atomic E-state index is 0.0427. The van der Waals surface area contributed by atoms with Gasteiger partial charge in [0, 0.05) is 25.7 Å².